The monoisotopic (exact) mass is 302 g/mol. The molecule has 0 bridgehead atoms. The molecule has 2 aliphatic rings. The van der Waals surface area contributed by atoms with E-state index in [1.165, 1.54) is 17.1 Å². The van der Waals surface area contributed by atoms with Crippen molar-refractivity contribution >= 4 is 17.5 Å². The van der Waals surface area contributed by atoms with Crippen molar-refractivity contribution in [2.75, 3.05) is 25.5 Å². The molecule has 1 aromatic carbocycles. The average Bonchev–Trinajstić information content (AvgIpc) is 2.81. The molecule has 2 atom stereocenters. The summed E-state index contributed by atoms with van der Waals surface area (Å²) < 4.78 is 11.4. The topological polar surface area (TPSA) is 81.9 Å². The predicted molar refractivity (Wildman–Crippen MR) is 80.1 cm³/mol. The van der Waals surface area contributed by atoms with Crippen LogP contribution >= 0.6 is 0 Å². The SMILES string of the molecule is Nc1cccc(OC2COCCC2CN2C(=O)C=CC2=O)c1. The summed E-state index contributed by atoms with van der Waals surface area (Å²) in [5.41, 5.74) is 6.37. The van der Waals surface area contributed by atoms with Crippen LogP contribution in [0.15, 0.2) is 36.4 Å². The molecular formula is C16H18N2O4. The summed E-state index contributed by atoms with van der Waals surface area (Å²) in [5.74, 6) is 0.180. The van der Waals surface area contributed by atoms with Gasteiger partial charge in [0.1, 0.15) is 11.9 Å². The molecule has 3 rings (SSSR count). The van der Waals surface area contributed by atoms with Crippen molar-refractivity contribution in [3.8, 4) is 5.75 Å². The van der Waals surface area contributed by atoms with Crippen molar-refractivity contribution in [3.63, 3.8) is 0 Å². The van der Waals surface area contributed by atoms with Crippen LogP contribution in [-0.2, 0) is 14.3 Å². The Bertz CT molecular complexity index is 596. The van der Waals surface area contributed by atoms with E-state index in [9.17, 15) is 9.59 Å². The molecule has 2 unspecified atom stereocenters. The minimum absolute atomic E-state index is 0.0444. The van der Waals surface area contributed by atoms with E-state index >= 15 is 0 Å². The lowest BCUT2D eigenvalue weighted by Gasteiger charge is -2.33. The number of imide groups is 1. The number of hydrogen-bond donors (Lipinski definition) is 1. The zero-order valence-corrected chi connectivity index (χ0v) is 12.1. The number of nitrogens with zero attached hydrogens (tertiary/aromatic N) is 1. The Morgan fingerprint density at radius 1 is 1.27 bits per heavy atom. The van der Waals surface area contributed by atoms with Gasteiger partial charge < -0.3 is 15.2 Å². The van der Waals surface area contributed by atoms with Crippen LogP contribution in [0.5, 0.6) is 5.75 Å². The molecule has 22 heavy (non-hydrogen) atoms. The third-order valence-electron chi connectivity index (χ3n) is 3.90. The zero-order valence-electron chi connectivity index (χ0n) is 12.1. The summed E-state index contributed by atoms with van der Waals surface area (Å²) in [6.45, 7) is 1.38. The summed E-state index contributed by atoms with van der Waals surface area (Å²) in [6, 6.07) is 7.19. The highest BCUT2D eigenvalue weighted by Gasteiger charge is 2.33. The van der Waals surface area contributed by atoms with Gasteiger partial charge in [-0.15, -0.1) is 0 Å². The fourth-order valence-electron chi connectivity index (χ4n) is 2.70. The van der Waals surface area contributed by atoms with Crippen LogP contribution in [0.1, 0.15) is 6.42 Å². The minimum atomic E-state index is -0.265. The summed E-state index contributed by atoms with van der Waals surface area (Å²) in [4.78, 5) is 24.7. The number of hydrogen-bond acceptors (Lipinski definition) is 5. The van der Waals surface area contributed by atoms with Gasteiger partial charge in [0.05, 0.1) is 6.61 Å². The lowest BCUT2D eigenvalue weighted by atomic mass is 9.96. The van der Waals surface area contributed by atoms with Crippen LogP contribution in [0.3, 0.4) is 0 Å². The molecular weight excluding hydrogens is 284 g/mol. The Morgan fingerprint density at radius 3 is 2.77 bits per heavy atom. The Labute approximate surface area is 128 Å². The first-order valence-electron chi connectivity index (χ1n) is 7.27. The molecule has 6 nitrogen and oxygen atoms in total. The van der Waals surface area contributed by atoms with Gasteiger partial charge in [0.2, 0.25) is 0 Å². The second kappa shape index (κ2) is 6.19. The Hall–Kier alpha value is -2.34. The standard InChI is InChI=1S/C16H18N2O4/c17-12-2-1-3-13(8-12)22-14-10-21-7-6-11(14)9-18-15(19)4-5-16(18)20/h1-5,8,11,14H,6-7,9-10,17H2. The van der Waals surface area contributed by atoms with E-state index in [1.54, 1.807) is 12.1 Å². The molecule has 0 saturated carbocycles. The second-order valence-electron chi connectivity index (χ2n) is 5.47. The number of carbonyl (C=O) groups is 2. The van der Waals surface area contributed by atoms with E-state index in [1.807, 2.05) is 12.1 Å². The van der Waals surface area contributed by atoms with Gasteiger partial charge in [-0.1, -0.05) is 6.07 Å². The van der Waals surface area contributed by atoms with Crippen LogP contribution in [-0.4, -0.2) is 42.6 Å². The molecule has 6 heteroatoms. The highest BCUT2D eigenvalue weighted by atomic mass is 16.5. The van der Waals surface area contributed by atoms with Gasteiger partial charge >= 0.3 is 0 Å². The van der Waals surface area contributed by atoms with E-state index in [0.29, 0.717) is 31.2 Å². The van der Waals surface area contributed by atoms with Crippen LogP contribution < -0.4 is 10.5 Å². The molecule has 2 aliphatic heterocycles. The molecule has 2 heterocycles. The first kappa shape index (κ1) is 14.6. The van der Waals surface area contributed by atoms with Gasteiger partial charge in [0.15, 0.2) is 0 Å². The van der Waals surface area contributed by atoms with E-state index in [0.717, 1.165) is 6.42 Å². The van der Waals surface area contributed by atoms with Crippen molar-refractivity contribution in [2.45, 2.75) is 12.5 Å². The summed E-state index contributed by atoms with van der Waals surface area (Å²) in [5, 5.41) is 0. The van der Waals surface area contributed by atoms with E-state index < -0.39 is 0 Å². The number of nitrogens with two attached hydrogens (primary N) is 1. The van der Waals surface area contributed by atoms with Crippen molar-refractivity contribution in [1.82, 2.24) is 4.90 Å². The van der Waals surface area contributed by atoms with E-state index in [2.05, 4.69) is 0 Å². The zero-order chi connectivity index (χ0) is 15.5. The lowest BCUT2D eigenvalue weighted by molar-refractivity contribution is -0.139. The van der Waals surface area contributed by atoms with Crippen LogP contribution in [0.2, 0.25) is 0 Å². The first-order chi connectivity index (χ1) is 10.6. The summed E-state index contributed by atoms with van der Waals surface area (Å²) >= 11 is 0. The molecule has 1 saturated heterocycles. The summed E-state index contributed by atoms with van der Waals surface area (Å²) in [6.07, 6.45) is 3.13. The number of anilines is 1. The van der Waals surface area contributed by atoms with Gasteiger partial charge in [0, 0.05) is 43.0 Å². The average molecular weight is 302 g/mol. The quantitative estimate of drug-likeness (QED) is 0.662. The third kappa shape index (κ3) is 3.12. The largest absolute Gasteiger partial charge is 0.488 e. The number of rotatable bonds is 4. The first-order valence-corrected chi connectivity index (χ1v) is 7.27. The molecule has 2 N–H and O–H groups in total. The molecule has 0 aromatic heterocycles. The van der Waals surface area contributed by atoms with Crippen LogP contribution in [0.4, 0.5) is 5.69 Å². The molecule has 0 spiro atoms. The maximum absolute atomic E-state index is 11.7. The number of ether oxygens (including phenoxy) is 2. The number of amides is 2. The van der Waals surface area contributed by atoms with Crippen LogP contribution in [0, 0.1) is 5.92 Å². The van der Waals surface area contributed by atoms with Gasteiger partial charge in [-0.3, -0.25) is 14.5 Å². The fraction of sp³-hybridized carbons (Fsp3) is 0.375. The molecule has 1 aromatic rings. The van der Waals surface area contributed by atoms with Crippen molar-refractivity contribution < 1.29 is 19.1 Å². The predicted octanol–water partition coefficient (Wildman–Crippen LogP) is 0.978. The van der Waals surface area contributed by atoms with Crippen molar-refractivity contribution in [3.05, 3.63) is 36.4 Å². The lowest BCUT2D eigenvalue weighted by Crippen LogP contribution is -2.45. The molecule has 0 aliphatic carbocycles. The van der Waals surface area contributed by atoms with Crippen LogP contribution in [0.25, 0.3) is 0 Å². The van der Waals surface area contributed by atoms with E-state index in [4.69, 9.17) is 15.2 Å². The number of nitrogen functional groups attached to an aromatic ring is 1. The molecule has 2 amide bonds. The molecule has 0 radical (unpaired) electrons. The van der Waals surface area contributed by atoms with Gasteiger partial charge in [0.25, 0.3) is 11.8 Å². The Kier molecular flexibility index (Phi) is 4.11. The Balaban J connectivity index is 1.68. The normalized spacial score (nSPS) is 24.8. The van der Waals surface area contributed by atoms with Gasteiger partial charge in [-0.25, -0.2) is 0 Å². The molecule has 1 fully saturated rings. The maximum atomic E-state index is 11.7. The van der Waals surface area contributed by atoms with Crippen molar-refractivity contribution in [2.24, 2.45) is 5.92 Å². The number of benzene rings is 1. The minimum Gasteiger partial charge on any atom is -0.488 e. The maximum Gasteiger partial charge on any atom is 0.253 e. The third-order valence-corrected chi connectivity index (χ3v) is 3.90. The fourth-order valence-corrected chi connectivity index (χ4v) is 2.70. The Morgan fingerprint density at radius 2 is 2.05 bits per heavy atom. The smallest absolute Gasteiger partial charge is 0.253 e. The van der Waals surface area contributed by atoms with E-state index in [-0.39, 0.29) is 23.8 Å². The summed E-state index contributed by atoms with van der Waals surface area (Å²) in [7, 11) is 0. The number of carbonyl (C=O) groups excluding carboxylic acids is 2. The highest BCUT2D eigenvalue weighted by molar-refractivity contribution is 6.12. The second-order valence-corrected chi connectivity index (χ2v) is 5.47. The van der Waals surface area contributed by atoms with Crippen molar-refractivity contribution in [1.29, 1.82) is 0 Å². The van der Waals surface area contributed by atoms with Gasteiger partial charge in [-0.2, -0.15) is 0 Å². The van der Waals surface area contributed by atoms with Gasteiger partial charge in [-0.05, 0) is 18.6 Å². The highest BCUT2D eigenvalue weighted by Crippen LogP contribution is 2.25. The molecule has 116 valence electrons.